The Morgan fingerprint density at radius 3 is 2.54 bits per heavy atom. The third-order valence-electron chi connectivity index (χ3n) is 6.06. The normalized spacial score (nSPS) is 27.8. The monoisotopic (exact) mass is 434 g/mol. The van der Waals surface area contributed by atoms with Crippen LogP contribution in [0.15, 0.2) is 6.07 Å². The summed E-state index contributed by atoms with van der Waals surface area (Å²) in [5.74, 6) is -2.18. The predicted molar refractivity (Wildman–Crippen MR) is 109 cm³/mol. The molecule has 2 aliphatic carbocycles. The molecule has 0 spiro atoms. The number of carbonyl (C=O) groups is 1. The van der Waals surface area contributed by atoms with Crippen LogP contribution in [-0.4, -0.2) is 43.2 Å². The van der Waals surface area contributed by atoms with E-state index in [9.17, 15) is 13.6 Å². The summed E-state index contributed by atoms with van der Waals surface area (Å²) >= 11 is 1.70. The zero-order valence-electron chi connectivity index (χ0n) is 16.1. The lowest BCUT2D eigenvalue weighted by molar-refractivity contribution is -0.0399. The quantitative estimate of drug-likeness (QED) is 0.721. The molecule has 2 saturated carbocycles. The van der Waals surface area contributed by atoms with Crippen molar-refractivity contribution in [2.45, 2.75) is 81.8 Å². The second kappa shape index (κ2) is 8.94. The highest BCUT2D eigenvalue weighted by Gasteiger charge is 2.41. The van der Waals surface area contributed by atoms with Gasteiger partial charge < -0.3 is 15.4 Å². The van der Waals surface area contributed by atoms with Gasteiger partial charge in [-0.25, -0.2) is 8.78 Å². The molecule has 1 aromatic heterocycles. The maximum Gasteiger partial charge on any atom is 0.252 e. The molecule has 3 aliphatic rings. The number of hydrogen-bond donors (Lipinski definition) is 2. The van der Waals surface area contributed by atoms with E-state index < -0.39 is 5.92 Å². The van der Waals surface area contributed by atoms with E-state index >= 15 is 0 Å². The van der Waals surface area contributed by atoms with Crippen LogP contribution >= 0.6 is 23.7 Å². The Kier molecular flexibility index (Phi) is 7.00. The van der Waals surface area contributed by atoms with Gasteiger partial charge in [-0.2, -0.15) is 0 Å². The summed E-state index contributed by atoms with van der Waals surface area (Å²) in [4.78, 5) is 14.9. The fourth-order valence-corrected chi connectivity index (χ4v) is 5.43. The van der Waals surface area contributed by atoms with E-state index in [0.29, 0.717) is 36.4 Å². The summed E-state index contributed by atoms with van der Waals surface area (Å²) in [6.45, 7) is 3.65. The predicted octanol–water partition coefficient (Wildman–Crippen LogP) is 4.41. The molecule has 1 amide bonds. The number of carbonyl (C=O) groups excluding carboxylic acids is 1. The Balaban J connectivity index is 0.00000225. The third-order valence-corrected chi connectivity index (χ3v) is 7.24. The Morgan fingerprint density at radius 2 is 1.86 bits per heavy atom. The van der Waals surface area contributed by atoms with Gasteiger partial charge in [-0.1, -0.05) is 0 Å². The summed E-state index contributed by atoms with van der Waals surface area (Å²) in [5.41, 5.74) is 0.712. The first-order valence-electron chi connectivity index (χ1n) is 10.0. The SMILES string of the molecule is Cc1sc(C2CC2NC2CCOCC2)cc1C(=O)NC1CCC(F)(F)CC1.Cl. The van der Waals surface area contributed by atoms with Crippen molar-refractivity contribution in [1.29, 1.82) is 0 Å². The third kappa shape index (κ3) is 5.23. The summed E-state index contributed by atoms with van der Waals surface area (Å²) < 4.78 is 32.0. The minimum absolute atomic E-state index is 0. The van der Waals surface area contributed by atoms with Crippen molar-refractivity contribution < 1.29 is 18.3 Å². The first kappa shape index (κ1) is 21.9. The van der Waals surface area contributed by atoms with Gasteiger partial charge in [0, 0.05) is 59.9 Å². The lowest BCUT2D eigenvalue weighted by atomic mass is 9.92. The van der Waals surface area contributed by atoms with Crippen LogP contribution in [0.3, 0.4) is 0 Å². The molecule has 4 rings (SSSR count). The van der Waals surface area contributed by atoms with Gasteiger partial charge in [0.05, 0.1) is 5.56 Å². The largest absolute Gasteiger partial charge is 0.381 e. The highest BCUT2D eigenvalue weighted by Crippen LogP contribution is 2.45. The van der Waals surface area contributed by atoms with Gasteiger partial charge in [-0.15, -0.1) is 23.7 Å². The van der Waals surface area contributed by atoms with E-state index in [4.69, 9.17) is 4.74 Å². The molecule has 3 fully saturated rings. The highest BCUT2D eigenvalue weighted by atomic mass is 35.5. The maximum atomic E-state index is 13.3. The van der Waals surface area contributed by atoms with Gasteiger partial charge in [-0.3, -0.25) is 4.79 Å². The number of halogens is 3. The fraction of sp³-hybridized carbons (Fsp3) is 0.750. The smallest absolute Gasteiger partial charge is 0.252 e. The summed E-state index contributed by atoms with van der Waals surface area (Å²) in [5, 5.41) is 6.70. The molecule has 2 N–H and O–H groups in total. The second-order valence-corrected chi connectivity index (χ2v) is 9.51. The average Bonchev–Trinajstić information content (AvgIpc) is 3.29. The Labute approximate surface area is 175 Å². The van der Waals surface area contributed by atoms with Crippen molar-refractivity contribution in [3.8, 4) is 0 Å². The number of ether oxygens (including phenoxy) is 1. The molecule has 8 heteroatoms. The molecule has 0 radical (unpaired) electrons. The van der Waals surface area contributed by atoms with E-state index in [1.165, 1.54) is 4.88 Å². The number of alkyl halides is 2. The van der Waals surface area contributed by atoms with Crippen LogP contribution in [0.5, 0.6) is 0 Å². The molecule has 158 valence electrons. The van der Waals surface area contributed by atoms with Gasteiger partial charge in [0.25, 0.3) is 5.91 Å². The minimum Gasteiger partial charge on any atom is -0.381 e. The number of nitrogens with one attached hydrogen (secondary N) is 2. The minimum atomic E-state index is -2.56. The van der Waals surface area contributed by atoms with Crippen molar-refractivity contribution in [3.63, 3.8) is 0 Å². The number of hydrogen-bond acceptors (Lipinski definition) is 4. The van der Waals surface area contributed by atoms with Crippen LogP contribution in [0, 0.1) is 6.92 Å². The summed E-state index contributed by atoms with van der Waals surface area (Å²) in [6.07, 6.45) is 3.71. The van der Waals surface area contributed by atoms with E-state index in [0.717, 1.165) is 37.4 Å². The molecular weight excluding hydrogens is 406 g/mol. The van der Waals surface area contributed by atoms with Crippen LogP contribution in [-0.2, 0) is 4.74 Å². The Hall–Kier alpha value is -0.760. The van der Waals surface area contributed by atoms with Crippen LogP contribution in [0.1, 0.15) is 71.0 Å². The number of thiophene rings is 1. The average molecular weight is 435 g/mol. The summed E-state index contributed by atoms with van der Waals surface area (Å²) in [7, 11) is 0. The lowest BCUT2D eigenvalue weighted by Crippen LogP contribution is -2.40. The zero-order chi connectivity index (χ0) is 19.0. The molecule has 2 atom stereocenters. The van der Waals surface area contributed by atoms with Crippen LogP contribution < -0.4 is 10.6 Å². The Bertz CT molecular complexity index is 684. The van der Waals surface area contributed by atoms with Gasteiger partial charge in [0.2, 0.25) is 5.92 Å². The maximum absolute atomic E-state index is 13.3. The van der Waals surface area contributed by atoms with Crippen molar-refractivity contribution in [2.75, 3.05) is 13.2 Å². The van der Waals surface area contributed by atoms with E-state index in [1.807, 2.05) is 13.0 Å². The number of rotatable bonds is 5. The van der Waals surface area contributed by atoms with Crippen LogP contribution in [0.2, 0.25) is 0 Å². The van der Waals surface area contributed by atoms with Crippen molar-refractivity contribution in [3.05, 3.63) is 21.4 Å². The standard InChI is InChI=1S/C20H28F2N2O2S.ClH/c1-12-15(19(25)24-13-2-6-20(21,22)7-3-13)11-18(27-12)16-10-17(16)23-14-4-8-26-9-5-14;/h11,13-14,16-17,23H,2-10H2,1H3,(H,24,25);1H. The van der Waals surface area contributed by atoms with E-state index in [-0.39, 0.29) is 37.2 Å². The molecule has 1 aliphatic heterocycles. The molecule has 0 bridgehead atoms. The van der Waals surface area contributed by atoms with E-state index in [1.54, 1.807) is 11.3 Å². The fourth-order valence-electron chi connectivity index (χ4n) is 4.22. The molecule has 1 saturated heterocycles. The van der Waals surface area contributed by atoms with Gasteiger partial charge in [-0.05, 0) is 45.1 Å². The lowest BCUT2D eigenvalue weighted by Gasteiger charge is -2.28. The molecule has 0 aromatic carbocycles. The van der Waals surface area contributed by atoms with Gasteiger partial charge >= 0.3 is 0 Å². The number of amides is 1. The Morgan fingerprint density at radius 1 is 1.18 bits per heavy atom. The molecule has 1 aromatic rings. The molecule has 2 unspecified atom stereocenters. The van der Waals surface area contributed by atoms with Crippen LogP contribution in [0.25, 0.3) is 0 Å². The highest BCUT2D eigenvalue weighted by molar-refractivity contribution is 7.12. The molecule has 28 heavy (non-hydrogen) atoms. The second-order valence-electron chi connectivity index (χ2n) is 8.22. The van der Waals surface area contributed by atoms with Crippen LogP contribution in [0.4, 0.5) is 8.78 Å². The first-order chi connectivity index (χ1) is 12.9. The van der Waals surface area contributed by atoms with E-state index in [2.05, 4.69) is 10.6 Å². The van der Waals surface area contributed by atoms with Crippen molar-refractivity contribution in [2.24, 2.45) is 0 Å². The van der Waals surface area contributed by atoms with Gasteiger partial charge in [0.15, 0.2) is 0 Å². The molecular formula is C20H29ClF2N2O2S. The molecule has 2 heterocycles. The summed E-state index contributed by atoms with van der Waals surface area (Å²) in [6, 6.07) is 2.93. The van der Waals surface area contributed by atoms with Crippen molar-refractivity contribution in [1.82, 2.24) is 10.6 Å². The topological polar surface area (TPSA) is 50.4 Å². The first-order valence-corrected chi connectivity index (χ1v) is 10.9. The zero-order valence-corrected chi connectivity index (χ0v) is 17.8. The van der Waals surface area contributed by atoms with Gasteiger partial charge in [0.1, 0.15) is 0 Å². The van der Waals surface area contributed by atoms with Crippen molar-refractivity contribution >= 4 is 29.7 Å². The molecule has 4 nitrogen and oxygen atoms in total. The number of aryl methyl sites for hydroxylation is 1.